The van der Waals surface area contributed by atoms with Crippen LogP contribution in [0.3, 0.4) is 0 Å². The molecule has 0 radical (unpaired) electrons. The van der Waals surface area contributed by atoms with Gasteiger partial charge in [0.25, 0.3) is 0 Å². The zero-order valence-electron chi connectivity index (χ0n) is 6.06. The molecule has 0 saturated heterocycles. The lowest BCUT2D eigenvalue weighted by molar-refractivity contribution is 0.503. The third kappa shape index (κ3) is 5.05. The first kappa shape index (κ1) is 11.7. The van der Waals surface area contributed by atoms with Crippen LogP contribution in [0.5, 0.6) is 0 Å². The van der Waals surface area contributed by atoms with E-state index in [9.17, 15) is 0 Å². The topological polar surface area (TPSA) is 0 Å². The molecule has 0 aromatic rings. The number of halogens is 1. The third-order valence-electron chi connectivity index (χ3n) is 1.49. The van der Waals surface area contributed by atoms with Gasteiger partial charge in [0.15, 0.2) is 0 Å². The Morgan fingerprint density at radius 2 is 1.38 bits per heavy atom. The molecule has 0 N–H and O–H groups in total. The van der Waals surface area contributed by atoms with Crippen LogP contribution in [0.2, 0.25) is 0 Å². The molecule has 0 spiro atoms. The van der Waals surface area contributed by atoms with E-state index in [1.54, 1.807) is 0 Å². The van der Waals surface area contributed by atoms with E-state index in [1.165, 1.54) is 0 Å². The summed E-state index contributed by atoms with van der Waals surface area (Å²) in [6.07, 6.45) is 0. The molecule has 8 heavy (non-hydrogen) atoms. The van der Waals surface area contributed by atoms with E-state index >= 15 is 0 Å². The SMILES string of the molecule is Br.CC(C)C(C)(C)P. The summed E-state index contributed by atoms with van der Waals surface area (Å²) in [7, 11) is 2.83. The van der Waals surface area contributed by atoms with Gasteiger partial charge >= 0.3 is 0 Å². The first-order valence-electron chi connectivity index (χ1n) is 2.73. The average molecular weight is 199 g/mol. The zero-order valence-corrected chi connectivity index (χ0v) is 8.93. The summed E-state index contributed by atoms with van der Waals surface area (Å²) in [4.78, 5) is 0. The monoisotopic (exact) mass is 198 g/mol. The van der Waals surface area contributed by atoms with Crippen molar-refractivity contribution in [2.45, 2.75) is 32.9 Å². The minimum absolute atomic E-state index is 0. The van der Waals surface area contributed by atoms with E-state index in [0.29, 0.717) is 5.16 Å². The van der Waals surface area contributed by atoms with Crippen LogP contribution >= 0.6 is 26.2 Å². The molecule has 1 unspecified atom stereocenters. The standard InChI is InChI=1S/C6H15P.BrH/c1-5(2)6(3,4)7;/h5H,7H2,1-4H3;1H. The molecule has 2 heteroatoms. The fraction of sp³-hybridized carbons (Fsp3) is 1.00. The van der Waals surface area contributed by atoms with Crippen LogP contribution in [0, 0.1) is 5.92 Å². The van der Waals surface area contributed by atoms with Gasteiger partial charge in [-0.2, -0.15) is 0 Å². The lowest BCUT2D eigenvalue weighted by Gasteiger charge is -2.22. The van der Waals surface area contributed by atoms with Gasteiger partial charge in [0.1, 0.15) is 0 Å². The molecule has 0 aliphatic heterocycles. The van der Waals surface area contributed by atoms with Gasteiger partial charge in [0.05, 0.1) is 0 Å². The van der Waals surface area contributed by atoms with Crippen molar-refractivity contribution in [2.75, 3.05) is 0 Å². The maximum Gasteiger partial charge on any atom is -0.0184 e. The second-order valence-electron chi connectivity index (χ2n) is 2.98. The molecular formula is C6H16BrP. The van der Waals surface area contributed by atoms with Gasteiger partial charge < -0.3 is 0 Å². The quantitative estimate of drug-likeness (QED) is 0.569. The van der Waals surface area contributed by atoms with E-state index in [2.05, 4.69) is 36.9 Å². The Balaban J connectivity index is 0. The lowest BCUT2D eigenvalue weighted by atomic mass is 10.00. The van der Waals surface area contributed by atoms with Crippen LogP contribution in [0.4, 0.5) is 0 Å². The van der Waals surface area contributed by atoms with E-state index in [0.717, 1.165) is 5.92 Å². The fourth-order valence-electron chi connectivity index (χ4n) is 0. The average Bonchev–Trinajstić information content (AvgIpc) is 1.31. The summed E-state index contributed by atoms with van der Waals surface area (Å²) in [5.74, 6) is 0.762. The number of rotatable bonds is 1. The molecule has 0 aliphatic rings. The Kier molecular flexibility index (Phi) is 5.61. The molecule has 0 fully saturated rings. The summed E-state index contributed by atoms with van der Waals surface area (Å²) in [5.41, 5.74) is 0. The Bertz CT molecular complexity index is 54.0. The minimum atomic E-state index is 0. The number of hydrogen-bond donors (Lipinski definition) is 0. The molecule has 0 rings (SSSR count). The van der Waals surface area contributed by atoms with Gasteiger partial charge in [0, 0.05) is 0 Å². The first-order valence-corrected chi connectivity index (χ1v) is 3.31. The predicted molar refractivity (Wildman–Crippen MR) is 48.9 cm³/mol. The summed E-state index contributed by atoms with van der Waals surface area (Å²) in [6, 6.07) is 0. The van der Waals surface area contributed by atoms with Gasteiger partial charge in [-0.05, 0) is 11.1 Å². The van der Waals surface area contributed by atoms with Crippen LogP contribution in [-0.2, 0) is 0 Å². The Labute approximate surface area is 65.4 Å². The predicted octanol–water partition coefficient (Wildman–Crippen LogP) is 2.87. The van der Waals surface area contributed by atoms with Crippen molar-refractivity contribution in [3.8, 4) is 0 Å². The van der Waals surface area contributed by atoms with Crippen LogP contribution in [0.1, 0.15) is 27.7 Å². The summed E-state index contributed by atoms with van der Waals surface area (Å²) in [6.45, 7) is 8.91. The maximum atomic E-state index is 2.83. The second-order valence-corrected chi connectivity index (χ2v) is 4.46. The molecule has 1 atom stereocenters. The third-order valence-corrected chi connectivity index (χ3v) is 2.15. The van der Waals surface area contributed by atoms with Crippen molar-refractivity contribution in [1.82, 2.24) is 0 Å². The van der Waals surface area contributed by atoms with Crippen molar-refractivity contribution < 1.29 is 0 Å². The van der Waals surface area contributed by atoms with Crippen LogP contribution in [0.15, 0.2) is 0 Å². The van der Waals surface area contributed by atoms with Crippen molar-refractivity contribution in [2.24, 2.45) is 5.92 Å². The smallest absolute Gasteiger partial charge is 0.0184 e. The molecular weight excluding hydrogens is 183 g/mol. The van der Waals surface area contributed by atoms with Gasteiger partial charge in [0.2, 0.25) is 0 Å². The highest BCUT2D eigenvalue weighted by Gasteiger charge is 2.13. The summed E-state index contributed by atoms with van der Waals surface area (Å²) < 4.78 is 0. The summed E-state index contributed by atoms with van der Waals surface area (Å²) in [5, 5.41) is 0.417. The normalized spacial score (nSPS) is 11.2. The van der Waals surface area contributed by atoms with Crippen LogP contribution in [-0.4, -0.2) is 5.16 Å². The maximum absolute atomic E-state index is 2.83. The second kappa shape index (κ2) is 3.85. The first-order chi connectivity index (χ1) is 2.94. The van der Waals surface area contributed by atoms with E-state index in [-0.39, 0.29) is 17.0 Å². The van der Waals surface area contributed by atoms with Gasteiger partial charge in [-0.15, -0.1) is 26.2 Å². The minimum Gasteiger partial charge on any atom is -0.131 e. The number of hydrogen-bond acceptors (Lipinski definition) is 0. The highest BCUT2D eigenvalue weighted by molar-refractivity contribution is 8.93. The zero-order chi connectivity index (χ0) is 6.08. The lowest BCUT2D eigenvalue weighted by Crippen LogP contribution is -2.17. The molecule has 0 aromatic heterocycles. The molecule has 0 amide bonds. The summed E-state index contributed by atoms with van der Waals surface area (Å²) >= 11 is 0. The Morgan fingerprint density at radius 1 is 1.25 bits per heavy atom. The van der Waals surface area contributed by atoms with Gasteiger partial charge in [-0.1, -0.05) is 27.7 Å². The van der Waals surface area contributed by atoms with E-state index < -0.39 is 0 Å². The Morgan fingerprint density at radius 3 is 1.38 bits per heavy atom. The van der Waals surface area contributed by atoms with Gasteiger partial charge in [-0.3, -0.25) is 0 Å². The molecule has 0 aliphatic carbocycles. The molecule has 52 valence electrons. The fourth-order valence-corrected chi connectivity index (χ4v) is 0. The molecule has 0 nitrogen and oxygen atoms in total. The van der Waals surface area contributed by atoms with Crippen LogP contribution in [0.25, 0.3) is 0 Å². The van der Waals surface area contributed by atoms with E-state index in [4.69, 9.17) is 0 Å². The van der Waals surface area contributed by atoms with Crippen molar-refractivity contribution in [3.63, 3.8) is 0 Å². The van der Waals surface area contributed by atoms with Crippen molar-refractivity contribution in [3.05, 3.63) is 0 Å². The largest absolute Gasteiger partial charge is 0.131 e. The van der Waals surface area contributed by atoms with Crippen molar-refractivity contribution >= 4 is 26.2 Å². The molecule has 0 bridgehead atoms. The highest BCUT2D eigenvalue weighted by Crippen LogP contribution is 2.25. The molecule has 0 saturated carbocycles. The van der Waals surface area contributed by atoms with Gasteiger partial charge in [-0.25, -0.2) is 0 Å². The van der Waals surface area contributed by atoms with Crippen molar-refractivity contribution in [1.29, 1.82) is 0 Å². The molecule has 0 heterocycles. The molecule has 0 aromatic carbocycles. The Hall–Kier alpha value is 0.910. The highest BCUT2D eigenvalue weighted by atomic mass is 79.9. The van der Waals surface area contributed by atoms with E-state index in [1.807, 2.05) is 0 Å². The van der Waals surface area contributed by atoms with Crippen LogP contribution < -0.4 is 0 Å².